The molecule has 4 rings (SSSR count). The van der Waals surface area contributed by atoms with E-state index in [1.54, 1.807) is 12.1 Å². The lowest BCUT2D eigenvalue weighted by atomic mass is 10.1. The number of piperidine rings is 1. The summed E-state index contributed by atoms with van der Waals surface area (Å²) in [5, 5.41) is 17.6. The predicted molar refractivity (Wildman–Crippen MR) is 120 cm³/mol. The lowest BCUT2D eigenvalue weighted by molar-refractivity contribution is -0.118. The molecule has 9 nitrogen and oxygen atoms in total. The molecule has 1 saturated carbocycles. The molecule has 0 bridgehead atoms. The van der Waals surface area contributed by atoms with Crippen molar-refractivity contribution in [2.75, 3.05) is 30.3 Å². The van der Waals surface area contributed by atoms with Gasteiger partial charge in [-0.3, -0.25) is 9.36 Å². The molecule has 1 amide bonds. The average molecular weight is 465 g/mol. The molecule has 1 aromatic carbocycles. The molecule has 2 fully saturated rings. The topological polar surface area (TPSA) is 123 Å². The second-order valence-corrected chi connectivity index (χ2v) is 10.5. The Balaban J connectivity index is 1.27. The first kappa shape index (κ1) is 22.1. The van der Waals surface area contributed by atoms with Crippen LogP contribution in [0.3, 0.4) is 0 Å². The van der Waals surface area contributed by atoms with Gasteiger partial charge in [-0.2, -0.15) is 0 Å². The first-order chi connectivity index (χ1) is 14.9. The maximum absolute atomic E-state index is 12.3. The van der Waals surface area contributed by atoms with E-state index in [-0.39, 0.29) is 16.6 Å². The Morgan fingerprint density at radius 2 is 1.84 bits per heavy atom. The monoisotopic (exact) mass is 464 g/mol. The number of carbonyl (C=O) groups is 1. The van der Waals surface area contributed by atoms with Gasteiger partial charge in [0.1, 0.15) is 0 Å². The zero-order valence-corrected chi connectivity index (χ0v) is 19.0. The van der Waals surface area contributed by atoms with Gasteiger partial charge in [-0.15, -0.1) is 10.2 Å². The summed E-state index contributed by atoms with van der Waals surface area (Å²) in [7, 11) is -3.69. The smallest absolute Gasteiger partial charge is 0.238 e. The van der Waals surface area contributed by atoms with Gasteiger partial charge in [0.2, 0.25) is 21.9 Å². The SMILES string of the molecule is NS(=O)(=O)c1ccc(CCNC(=O)CSc2nnc(N3CCCCC3)n2C2CC2)cc1. The summed E-state index contributed by atoms with van der Waals surface area (Å²) in [4.78, 5) is 14.7. The quantitative estimate of drug-likeness (QED) is 0.541. The lowest BCUT2D eigenvalue weighted by Crippen LogP contribution is -2.32. The van der Waals surface area contributed by atoms with Crippen molar-refractivity contribution in [2.24, 2.45) is 5.14 Å². The summed E-state index contributed by atoms with van der Waals surface area (Å²) >= 11 is 1.43. The number of amides is 1. The molecular formula is C20H28N6O3S2. The number of nitrogens with one attached hydrogen (secondary N) is 1. The molecule has 2 aliphatic rings. The number of hydrogen-bond donors (Lipinski definition) is 2. The first-order valence-corrected chi connectivity index (χ1v) is 13.2. The summed E-state index contributed by atoms with van der Waals surface area (Å²) in [6, 6.07) is 6.83. The Kier molecular flexibility index (Phi) is 6.83. The van der Waals surface area contributed by atoms with Crippen LogP contribution in [0.4, 0.5) is 5.95 Å². The molecule has 11 heteroatoms. The molecule has 0 atom stereocenters. The van der Waals surface area contributed by atoms with Crippen LogP contribution in [-0.2, 0) is 21.2 Å². The van der Waals surface area contributed by atoms with E-state index in [2.05, 4.69) is 25.0 Å². The highest BCUT2D eigenvalue weighted by atomic mass is 32.2. The molecule has 0 radical (unpaired) electrons. The Hall–Kier alpha value is -2.11. The van der Waals surface area contributed by atoms with Crippen LogP contribution in [0.1, 0.15) is 43.7 Å². The van der Waals surface area contributed by atoms with E-state index in [0.29, 0.717) is 19.0 Å². The first-order valence-electron chi connectivity index (χ1n) is 10.6. The fourth-order valence-corrected chi connectivity index (χ4v) is 5.05. The summed E-state index contributed by atoms with van der Waals surface area (Å²) in [5.41, 5.74) is 0.931. The maximum atomic E-state index is 12.3. The molecule has 168 valence electrons. The van der Waals surface area contributed by atoms with E-state index in [4.69, 9.17) is 5.14 Å². The van der Waals surface area contributed by atoms with Gasteiger partial charge in [0.25, 0.3) is 0 Å². The summed E-state index contributed by atoms with van der Waals surface area (Å²) in [6.45, 7) is 2.52. The van der Waals surface area contributed by atoms with Crippen LogP contribution < -0.4 is 15.4 Å². The van der Waals surface area contributed by atoms with Crippen molar-refractivity contribution in [1.29, 1.82) is 0 Å². The highest BCUT2D eigenvalue weighted by Crippen LogP contribution is 2.41. The molecule has 31 heavy (non-hydrogen) atoms. The molecular weight excluding hydrogens is 436 g/mol. The highest BCUT2D eigenvalue weighted by Gasteiger charge is 2.32. The molecule has 1 saturated heterocycles. The molecule has 2 heterocycles. The normalized spacial score (nSPS) is 17.0. The maximum Gasteiger partial charge on any atom is 0.238 e. The summed E-state index contributed by atoms with van der Waals surface area (Å²) in [5.74, 6) is 1.18. The predicted octanol–water partition coefficient (Wildman–Crippen LogP) is 1.70. The van der Waals surface area contributed by atoms with E-state index < -0.39 is 10.0 Å². The Morgan fingerprint density at radius 3 is 2.48 bits per heavy atom. The van der Waals surface area contributed by atoms with Crippen molar-refractivity contribution >= 4 is 33.6 Å². The van der Waals surface area contributed by atoms with Crippen LogP contribution in [0.25, 0.3) is 0 Å². The third-order valence-electron chi connectivity index (χ3n) is 5.52. The van der Waals surface area contributed by atoms with Gasteiger partial charge in [-0.1, -0.05) is 23.9 Å². The third-order valence-corrected chi connectivity index (χ3v) is 7.39. The molecule has 0 spiro atoms. The number of carbonyl (C=O) groups excluding carboxylic acids is 1. The number of benzene rings is 1. The van der Waals surface area contributed by atoms with Crippen LogP contribution in [0.5, 0.6) is 0 Å². The number of thioether (sulfide) groups is 1. The minimum atomic E-state index is -3.69. The third kappa shape index (κ3) is 5.78. The Labute approximate surface area is 186 Å². The minimum absolute atomic E-state index is 0.0592. The second kappa shape index (κ2) is 9.58. The zero-order valence-electron chi connectivity index (χ0n) is 17.4. The van der Waals surface area contributed by atoms with Gasteiger partial charge < -0.3 is 10.2 Å². The van der Waals surface area contributed by atoms with Crippen LogP contribution in [0, 0.1) is 0 Å². The van der Waals surface area contributed by atoms with E-state index >= 15 is 0 Å². The molecule has 3 N–H and O–H groups in total. The fraction of sp³-hybridized carbons (Fsp3) is 0.550. The van der Waals surface area contributed by atoms with Gasteiger partial charge in [-0.25, -0.2) is 13.6 Å². The van der Waals surface area contributed by atoms with E-state index in [1.807, 2.05) is 0 Å². The van der Waals surface area contributed by atoms with Crippen molar-refractivity contribution in [3.63, 3.8) is 0 Å². The second-order valence-electron chi connectivity index (χ2n) is 8.01. The number of nitrogens with two attached hydrogens (primary N) is 1. The standard InChI is InChI=1S/C20H28N6O3S2/c21-31(28,29)17-8-4-15(5-9-17)10-11-22-18(27)14-30-20-24-23-19(26(20)16-6-7-16)25-12-2-1-3-13-25/h4-5,8-9,16H,1-3,6-7,10-14H2,(H,22,27)(H2,21,28,29). The van der Waals surface area contributed by atoms with Crippen molar-refractivity contribution in [2.45, 2.75) is 54.6 Å². The highest BCUT2D eigenvalue weighted by molar-refractivity contribution is 7.99. The van der Waals surface area contributed by atoms with Crippen molar-refractivity contribution in [3.05, 3.63) is 29.8 Å². The Bertz CT molecular complexity index is 1010. The van der Waals surface area contributed by atoms with Gasteiger partial charge in [0.15, 0.2) is 5.16 Å². The number of anilines is 1. The van der Waals surface area contributed by atoms with Crippen molar-refractivity contribution in [1.82, 2.24) is 20.1 Å². The molecule has 0 unspecified atom stereocenters. The van der Waals surface area contributed by atoms with E-state index in [9.17, 15) is 13.2 Å². The van der Waals surface area contributed by atoms with Gasteiger partial charge in [-0.05, 0) is 56.2 Å². The van der Waals surface area contributed by atoms with Crippen LogP contribution >= 0.6 is 11.8 Å². The zero-order chi connectivity index (χ0) is 21.8. The lowest BCUT2D eigenvalue weighted by Gasteiger charge is -2.27. The van der Waals surface area contributed by atoms with Gasteiger partial charge >= 0.3 is 0 Å². The molecule has 1 aliphatic carbocycles. The van der Waals surface area contributed by atoms with E-state index in [0.717, 1.165) is 42.6 Å². The summed E-state index contributed by atoms with van der Waals surface area (Å²) in [6.07, 6.45) is 6.54. The minimum Gasteiger partial charge on any atom is -0.355 e. The van der Waals surface area contributed by atoms with Crippen LogP contribution in [0.15, 0.2) is 34.3 Å². The number of hydrogen-bond acceptors (Lipinski definition) is 7. The number of aromatic nitrogens is 3. The number of primary sulfonamides is 1. The molecule has 1 aliphatic heterocycles. The van der Waals surface area contributed by atoms with Gasteiger partial charge in [0.05, 0.1) is 10.6 Å². The number of nitrogens with zero attached hydrogens (tertiary/aromatic N) is 4. The molecule has 2 aromatic rings. The number of rotatable bonds is 9. The van der Waals surface area contributed by atoms with E-state index in [1.165, 1.54) is 43.2 Å². The fourth-order valence-electron chi connectivity index (χ4n) is 3.70. The average Bonchev–Trinajstić information content (AvgIpc) is 3.51. The van der Waals surface area contributed by atoms with Crippen LogP contribution in [-0.4, -0.2) is 54.5 Å². The Morgan fingerprint density at radius 1 is 1.13 bits per heavy atom. The van der Waals surface area contributed by atoms with Crippen molar-refractivity contribution < 1.29 is 13.2 Å². The van der Waals surface area contributed by atoms with Gasteiger partial charge in [0, 0.05) is 25.7 Å². The number of sulfonamides is 1. The largest absolute Gasteiger partial charge is 0.355 e. The van der Waals surface area contributed by atoms with Crippen molar-refractivity contribution in [3.8, 4) is 0 Å². The van der Waals surface area contributed by atoms with Crippen LogP contribution in [0.2, 0.25) is 0 Å². The molecule has 1 aromatic heterocycles. The summed E-state index contributed by atoms with van der Waals surface area (Å²) < 4.78 is 24.8.